The SMILES string of the molecule is BC(Nc1cc(Cl)c2ncc(C#N)c(Nc3cnc(F)c(F)c3)c2c1)(c1cccnc1)c1c[nH]nn1. The van der Waals surface area contributed by atoms with E-state index < -0.39 is 17.2 Å². The summed E-state index contributed by atoms with van der Waals surface area (Å²) in [5.74, 6) is -2.35. The zero-order valence-corrected chi connectivity index (χ0v) is 19.3. The van der Waals surface area contributed by atoms with Crippen LogP contribution in [0.3, 0.4) is 0 Å². The first kappa shape index (κ1) is 23.1. The summed E-state index contributed by atoms with van der Waals surface area (Å²) in [6.45, 7) is 0. The van der Waals surface area contributed by atoms with Gasteiger partial charge in [0.25, 0.3) is 0 Å². The van der Waals surface area contributed by atoms with Crippen molar-refractivity contribution in [2.45, 2.75) is 5.44 Å². The molecule has 5 rings (SSSR count). The van der Waals surface area contributed by atoms with E-state index in [-0.39, 0.29) is 11.3 Å². The van der Waals surface area contributed by atoms with Gasteiger partial charge in [0.15, 0.2) is 5.82 Å². The summed E-state index contributed by atoms with van der Waals surface area (Å²) in [4.78, 5) is 11.9. The maximum Gasteiger partial charge on any atom is 0.249 e. The number of benzene rings is 1. The van der Waals surface area contributed by atoms with Crippen LogP contribution in [0.15, 0.2) is 61.3 Å². The summed E-state index contributed by atoms with van der Waals surface area (Å²) in [5.41, 5.74) is 2.16. The Morgan fingerprint density at radius 2 is 1.97 bits per heavy atom. The number of aromatic amines is 1. The third-order valence-electron chi connectivity index (χ3n) is 5.67. The van der Waals surface area contributed by atoms with Gasteiger partial charge in [-0.2, -0.15) is 9.65 Å². The fourth-order valence-corrected chi connectivity index (χ4v) is 4.13. The molecule has 1 aromatic carbocycles. The van der Waals surface area contributed by atoms with Crippen molar-refractivity contribution in [2.75, 3.05) is 10.6 Å². The van der Waals surface area contributed by atoms with Crippen molar-refractivity contribution in [1.82, 2.24) is 30.4 Å². The largest absolute Gasteiger partial charge is 0.377 e. The molecule has 4 aromatic heterocycles. The molecular weight excluding hydrogens is 487 g/mol. The van der Waals surface area contributed by atoms with E-state index in [1.165, 1.54) is 6.20 Å². The molecule has 9 nitrogen and oxygen atoms in total. The van der Waals surface area contributed by atoms with Gasteiger partial charge in [-0.3, -0.25) is 15.1 Å². The minimum Gasteiger partial charge on any atom is -0.377 e. The lowest BCUT2D eigenvalue weighted by Gasteiger charge is -2.31. The van der Waals surface area contributed by atoms with E-state index in [4.69, 9.17) is 11.6 Å². The number of pyridine rings is 3. The third kappa shape index (κ3) is 4.16. The number of hydrogen-bond acceptors (Lipinski definition) is 8. The highest BCUT2D eigenvalue weighted by Crippen LogP contribution is 2.37. The molecule has 176 valence electrons. The second kappa shape index (κ2) is 9.20. The van der Waals surface area contributed by atoms with Crippen molar-refractivity contribution >= 4 is 47.4 Å². The molecule has 0 aliphatic rings. The van der Waals surface area contributed by atoms with E-state index in [0.29, 0.717) is 33.0 Å². The van der Waals surface area contributed by atoms with Crippen LogP contribution in [0.25, 0.3) is 10.9 Å². The van der Waals surface area contributed by atoms with E-state index in [1.54, 1.807) is 30.7 Å². The Bertz CT molecular complexity index is 1610. The van der Waals surface area contributed by atoms with E-state index in [9.17, 15) is 14.0 Å². The number of fused-ring (bicyclic) bond motifs is 1. The van der Waals surface area contributed by atoms with Crippen LogP contribution < -0.4 is 10.6 Å². The van der Waals surface area contributed by atoms with Crippen LogP contribution >= 0.6 is 11.6 Å². The predicted molar refractivity (Wildman–Crippen MR) is 132 cm³/mol. The normalized spacial score (nSPS) is 12.6. The molecule has 0 aliphatic carbocycles. The molecule has 1 atom stereocenters. The summed E-state index contributed by atoms with van der Waals surface area (Å²) in [6, 6.07) is 10.2. The summed E-state index contributed by atoms with van der Waals surface area (Å²) >= 11 is 6.60. The quantitative estimate of drug-likeness (QED) is 0.238. The second-order valence-electron chi connectivity index (χ2n) is 7.98. The van der Waals surface area contributed by atoms with Crippen molar-refractivity contribution in [1.29, 1.82) is 5.26 Å². The van der Waals surface area contributed by atoms with E-state index in [0.717, 1.165) is 17.8 Å². The van der Waals surface area contributed by atoms with Gasteiger partial charge in [0.1, 0.15) is 19.6 Å². The van der Waals surface area contributed by atoms with Gasteiger partial charge in [0, 0.05) is 41.9 Å². The van der Waals surface area contributed by atoms with Gasteiger partial charge in [-0.05, 0) is 23.8 Å². The molecule has 0 bridgehead atoms. The standard InChI is InChI=1S/C23H15BClF2N9/c24-23(19-11-32-36-35-19,13-2-1-3-29-9-13)34-14-4-16-20(33-15-6-18(26)22(27)31-10-15)12(7-28)8-30-21(16)17(25)5-14/h1-6,8-11,34H,24H2,(H,30,33)(H,32,35,36). The Balaban J connectivity index is 1.65. The number of rotatable bonds is 6. The van der Waals surface area contributed by atoms with Crippen LogP contribution in [-0.2, 0) is 5.44 Å². The van der Waals surface area contributed by atoms with Crippen molar-refractivity contribution < 1.29 is 8.78 Å². The molecule has 1 unspecified atom stereocenters. The van der Waals surface area contributed by atoms with Gasteiger partial charge in [0.2, 0.25) is 5.95 Å². The summed E-state index contributed by atoms with van der Waals surface area (Å²) < 4.78 is 27.1. The number of H-pyrrole nitrogens is 1. The molecule has 0 aliphatic heterocycles. The average molecular weight is 502 g/mol. The van der Waals surface area contributed by atoms with Gasteiger partial charge in [0.05, 0.1) is 39.1 Å². The van der Waals surface area contributed by atoms with Gasteiger partial charge in [-0.15, -0.1) is 5.10 Å². The Morgan fingerprint density at radius 3 is 2.67 bits per heavy atom. The first-order valence-electron chi connectivity index (χ1n) is 10.5. The Morgan fingerprint density at radius 1 is 1.11 bits per heavy atom. The predicted octanol–water partition coefficient (Wildman–Crippen LogP) is 3.64. The van der Waals surface area contributed by atoms with Crippen molar-refractivity contribution in [3.63, 3.8) is 0 Å². The fraction of sp³-hybridized carbons (Fsp3) is 0.0435. The first-order valence-corrected chi connectivity index (χ1v) is 10.9. The first-order chi connectivity index (χ1) is 17.4. The van der Waals surface area contributed by atoms with Crippen molar-refractivity contribution in [3.05, 3.63) is 94.9 Å². The summed E-state index contributed by atoms with van der Waals surface area (Å²) in [6.07, 6.45) is 7.52. The monoisotopic (exact) mass is 501 g/mol. The van der Waals surface area contributed by atoms with Gasteiger partial charge >= 0.3 is 0 Å². The van der Waals surface area contributed by atoms with Gasteiger partial charge < -0.3 is 10.6 Å². The minimum absolute atomic E-state index is 0.148. The molecular formula is C23H15BClF2N9. The van der Waals surface area contributed by atoms with Crippen molar-refractivity contribution in [2.24, 2.45) is 0 Å². The van der Waals surface area contributed by atoms with Gasteiger partial charge in [-0.1, -0.05) is 22.9 Å². The van der Waals surface area contributed by atoms with E-state index in [1.807, 2.05) is 20.0 Å². The third-order valence-corrected chi connectivity index (χ3v) is 5.96. The maximum atomic E-state index is 13.8. The Kier molecular flexibility index (Phi) is 5.91. The lowest BCUT2D eigenvalue weighted by Crippen LogP contribution is -2.37. The number of hydrogen-bond donors (Lipinski definition) is 3. The van der Waals surface area contributed by atoms with Crippen LogP contribution in [0.4, 0.5) is 25.8 Å². The summed E-state index contributed by atoms with van der Waals surface area (Å²) in [5, 5.41) is 27.6. The zero-order chi connectivity index (χ0) is 25.3. The lowest BCUT2D eigenvalue weighted by atomic mass is 9.70. The van der Waals surface area contributed by atoms with Crippen molar-refractivity contribution in [3.8, 4) is 6.07 Å². The molecule has 36 heavy (non-hydrogen) atoms. The number of nitriles is 1. The number of halogens is 3. The van der Waals surface area contributed by atoms with Crippen LogP contribution in [0.1, 0.15) is 16.8 Å². The zero-order valence-electron chi connectivity index (χ0n) is 18.6. The van der Waals surface area contributed by atoms with Crippen LogP contribution in [0, 0.1) is 23.1 Å². The Labute approximate surface area is 209 Å². The molecule has 3 N–H and O–H groups in total. The molecule has 0 spiro atoms. The molecule has 13 heteroatoms. The molecule has 4 heterocycles. The minimum atomic E-state index is -1.22. The van der Waals surface area contributed by atoms with Crippen LogP contribution in [0.5, 0.6) is 0 Å². The topological polar surface area (TPSA) is 128 Å². The highest BCUT2D eigenvalue weighted by atomic mass is 35.5. The number of nitrogens with zero attached hydrogens (tertiary/aromatic N) is 6. The smallest absolute Gasteiger partial charge is 0.249 e. The highest BCUT2D eigenvalue weighted by molar-refractivity contribution is 6.36. The second-order valence-corrected chi connectivity index (χ2v) is 8.39. The van der Waals surface area contributed by atoms with Gasteiger partial charge in [-0.25, -0.2) is 9.37 Å². The molecule has 0 radical (unpaired) electrons. The Hall–Kier alpha value is -4.63. The lowest BCUT2D eigenvalue weighted by molar-refractivity contribution is 0.480. The molecule has 5 aromatic rings. The fourth-order valence-electron chi connectivity index (χ4n) is 3.86. The molecule has 0 fully saturated rings. The maximum absolute atomic E-state index is 13.8. The number of nitrogens with one attached hydrogen (secondary N) is 3. The number of anilines is 3. The molecule has 0 saturated heterocycles. The summed E-state index contributed by atoms with van der Waals surface area (Å²) in [7, 11) is 1.91. The van der Waals surface area contributed by atoms with Crippen LogP contribution in [0.2, 0.25) is 5.02 Å². The average Bonchev–Trinajstić information content (AvgIpc) is 3.43. The highest BCUT2D eigenvalue weighted by Gasteiger charge is 2.32. The van der Waals surface area contributed by atoms with E-state index >= 15 is 0 Å². The molecule has 0 saturated carbocycles. The van der Waals surface area contributed by atoms with E-state index in [2.05, 4.69) is 47.1 Å². The number of aromatic nitrogens is 6. The molecule has 0 amide bonds. The van der Waals surface area contributed by atoms with Crippen LogP contribution in [-0.4, -0.2) is 38.2 Å².